The average Bonchev–Trinajstić information content (AvgIpc) is 2.83. The van der Waals surface area contributed by atoms with Gasteiger partial charge in [0.2, 0.25) is 0 Å². The second-order valence-electron chi connectivity index (χ2n) is 4.59. The molecule has 2 nitrogen and oxygen atoms in total. The molecule has 0 spiro atoms. The maximum atomic E-state index is 3.58. The lowest BCUT2D eigenvalue weighted by molar-refractivity contribution is 0.614. The number of aromatic amines is 1. The van der Waals surface area contributed by atoms with Crippen LogP contribution in [0.3, 0.4) is 0 Å². The maximum Gasteiger partial charge on any atom is 0.0457 e. The Bertz CT molecular complexity index is 472. The van der Waals surface area contributed by atoms with Crippen LogP contribution in [0.4, 0.5) is 0 Å². The highest BCUT2D eigenvalue weighted by Gasteiger charge is 2.23. The molecule has 2 N–H and O–H groups in total. The molecule has 0 saturated carbocycles. The van der Waals surface area contributed by atoms with Gasteiger partial charge in [-0.2, -0.15) is 0 Å². The molecule has 2 heteroatoms. The molecule has 0 bridgehead atoms. The van der Waals surface area contributed by atoms with Crippen molar-refractivity contribution in [2.24, 2.45) is 5.92 Å². The summed E-state index contributed by atoms with van der Waals surface area (Å²) in [5.41, 5.74) is 2.67. The van der Waals surface area contributed by atoms with E-state index in [0.717, 1.165) is 12.5 Å². The van der Waals surface area contributed by atoms with Crippen LogP contribution in [-0.4, -0.2) is 11.5 Å². The maximum absolute atomic E-state index is 3.58. The van der Waals surface area contributed by atoms with E-state index in [4.69, 9.17) is 0 Å². The Morgan fingerprint density at radius 2 is 2.13 bits per heavy atom. The lowest BCUT2D eigenvalue weighted by atomic mass is 10.0. The van der Waals surface area contributed by atoms with Crippen LogP contribution in [0.1, 0.15) is 24.9 Å². The standard InChI is InChI=1S/C13H16N2/c1-9-6-13(14-7-9)11-8-15-12-5-3-2-4-10(11)12/h2-5,8-9,13-15H,6-7H2,1H3/t9-,13-/m0/s1. The summed E-state index contributed by atoms with van der Waals surface area (Å²) in [5.74, 6) is 0.795. The van der Waals surface area contributed by atoms with Crippen LogP contribution in [0.5, 0.6) is 0 Å². The second-order valence-corrected chi connectivity index (χ2v) is 4.59. The Kier molecular flexibility index (Phi) is 2.03. The number of hydrogen-bond donors (Lipinski definition) is 2. The topological polar surface area (TPSA) is 27.8 Å². The van der Waals surface area contributed by atoms with Gasteiger partial charge in [0.05, 0.1) is 0 Å². The van der Waals surface area contributed by atoms with Crippen molar-refractivity contribution in [3.63, 3.8) is 0 Å². The number of fused-ring (bicyclic) bond motifs is 1. The third-order valence-corrected chi connectivity index (χ3v) is 3.35. The molecule has 1 aliphatic rings. The molecule has 1 saturated heterocycles. The smallest absolute Gasteiger partial charge is 0.0457 e. The number of hydrogen-bond acceptors (Lipinski definition) is 1. The van der Waals surface area contributed by atoms with Gasteiger partial charge in [-0.15, -0.1) is 0 Å². The first-order valence-electron chi connectivity index (χ1n) is 5.64. The minimum absolute atomic E-state index is 0.538. The van der Waals surface area contributed by atoms with Gasteiger partial charge in [0.1, 0.15) is 0 Å². The van der Waals surface area contributed by atoms with Crippen LogP contribution in [-0.2, 0) is 0 Å². The summed E-state index contributed by atoms with van der Waals surface area (Å²) in [7, 11) is 0. The van der Waals surface area contributed by atoms with E-state index in [1.807, 2.05) is 0 Å². The van der Waals surface area contributed by atoms with Crippen LogP contribution >= 0.6 is 0 Å². The minimum Gasteiger partial charge on any atom is -0.361 e. The summed E-state index contributed by atoms with van der Waals surface area (Å²) in [4.78, 5) is 3.34. The Labute approximate surface area is 89.7 Å². The van der Waals surface area contributed by atoms with Crippen molar-refractivity contribution in [1.82, 2.24) is 10.3 Å². The van der Waals surface area contributed by atoms with Crippen molar-refractivity contribution < 1.29 is 0 Å². The van der Waals surface area contributed by atoms with E-state index in [1.165, 1.54) is 22.9 Å². The molecule has 2 aromatic rings. The highest BCUT2D eigenvalue weighted by atomic mass is 15.0. The molecule has 0 aliphatic carbocycles. The predicted molar refractivity (Wildman–Crippen MR) is 62.8 cm³/mol. The molecule has 1 fully saturated rings. The van der Waals surface area contributed by atoms with Crippen molar-refractivity contribution in [3.05, 3.63) is 36.0 Å². The van der Waals surface area contributed by atoms with Gasteiger partial charge in [0.25, 0.3) is 0 Å². The van der Waals surface area contributed by atoms with E-state index in [2.05, 4.69) is 47.7 Å². The third kappa shape index (κ3) is 1.45. The summed E-state index contributed by atoms with van der Waals surface area (Å²) in [6, 6.07) is 9.06. The fourth-order valence-electron chi connectivity index (χ4n) is 2.53. The zero-order chi connectivity index (χ0) is 10.3. The van der Waals surface area contributed by atoms with E-state index in [0.29, 0.717) is 6.04 Å². The predicted octanol–water partition coefficient (Wildman–Crippen LogP) is 2.84. The van der Waals surface area contributed by atoms with Gasteiger partial charge in [-0.25, -0.2) is 0 Å². The Morgan fingerprint density at radius 1 is 1.27 bits per heavy atom. The Morgan fingerprint density at radius 3 is 2.93 bits per heavy atom. The molecule has 2 atom stereocenters. The molecule has 0 amide bonds. The summed E-state index contributed by atoms with van der Waals surface area (Å²) >= 11 is 0. The normalized spacial score (nSPS) is 26.2. The van der Waals surface area contributed by atoms with Crippen molar-refractivity contribution in [3.8, 4) is 0 Å². The van der Waals surface area contributed by atoms with Crippen molar-refractivity contribution in [2.75, 3.05) is 6.54 Å². The van der Waals surface area contributed by atoms with E-state index in [1.54, 1.807) is 0 Å². The number of aromatic nitrogens is 1. The highest BCUT2D eigenvalue weighted by molar-refractivity contribution is 5.83. The van der Waals surface area contributed by atoms with E-state index in [-0.39, 0.29) is 0 Å². The molecule has 1 aromatic heterocycles. The highest BCUT2D eigenvalue weighted by Crippen LogP contribution is 2.31. The monoisotopic (exact) mass is 200 g/mol. The Balaban J connectivity index is 2.04. The van der Waals surface area contributed by atoms with Crippen molar-refractivity contribution in [2.45, 2.75) is 19.4 Å². The van der Waals surface area contributed by atoms with Gasteiger partial charge in [-0.05, 0) is 30.5 Å². The molecule has 2 heterocycles. The van der Waals surface area contributed by atoms with E-state index in [9.17, 15) is 0 Å². The third-order valence-electron chi connectivity index (χ3n) is 3.35. The first-order chi connectivity index (χ1) is 7.34. The lowest BCUT2D eigenvalue weighted by Crippen LogP contribution is -2.12. The van der Waals surface area contributed by atoms with Gasteiger partial charge in [0.15, 0.2) is 0 Å². The summed E-state index contributed by atoms with van der Waals surface area (Å²) in [6.45, 7) is 3.45. The van der Waals surface area contributed by atoms with Gasteiger partial charge >= 0.3 is 0 Å². The van der Waals surface area contributed by atoms with E-state index >= 15 is 0 Å². The first-order valence-corrected chi connectivity index (χ1v) is 5.64. The summed E-state index contributed by atoms with van der Waals surface area (Å²) < 4.78 is 0. The van der Waals surface area contributed by atoms with E-state index < -0.39 is 0 Å². The molecule has 78 valence electrons. The lowest BCUT2D eigenvalue weighted by Gasteiger charge is -2.08. The number of benzene rings is 1. The number of para-hydroxylation sites is 1. The average molecular weight is 200 g/mol. The van der Waals surface area contributed by atoms with Crippen LogP contribution in [0, 0.1) is 5.92 Å². The molecule has 15 heavy (non-hydrogen) atoms. The van der Waals surface area contributed by atoms with Crippen LogP contribution in [0.15, 0.2) is 30.5 Å². The fourth-order valence-corrected chi connectivity index (χ4v) is 2.53. The zero-order valence-corrected chi connectivity index (χ0v) is 8.96. The molecular weight excluding hydrogens is 184 g/mol. The number of H-pyrrole nitrogens is 1. The molecule has 1 aliphatic heterocycles. The molecule has 0 radical (unpaired) electrons. The first kappa shape index (κ1) is 8.98. The van der Waals surface area contributed by atoms with Crippen molar-refractivity contribution in [1.29, 1.82) is 0 Å². The molecular formula is C13H16N2. The number of rotatable bonds is 1. The summed E-state index contributed by atoms with van der Waals surface area (Å²) in [6.07, 6.45) is 3.40. The van der Waals surface area contributed by atoms with Crippen molar-refractivity contribution >= 4 is 10.9 Å². The number of nitrogens with one attached hydrogen (secondary N) is 2. The van der Waals surface area contributed by atoms with Crippen LogP contribution < -0.4 is 5.32 Å². The zero-order valence-electron chi connectivity index (χ0n) is 8.96. The molecule has 0 unspecified atom stereocenters. The fraction of sp³-hybridized carbons (Fsp3) is 0.385. The summed E-state index contributed by atoms with van der Waals surface area (Å²) in [5, 5.41) is 4.95. The minimum atomic E-state index is 0.538. The van der Waals surface area contributed by atoms with Gasteiger partial charge in [-0.3, -0.25) is 0 Å². The van der Waals surface area contributed by atoms with Gasteiger partial charge in [-0.1, -0.05) is 25.1 Å². The quantitative estimate of drug-likeness (QED) is 0.728. The van der Waals surface area contributed by atoms with Crippen LogP contribution in [0.2, 0.25) is 0 Å². The van der Waals surface area contributed by atoms with Gasteiger partial charge < -0.3 is 10.3 Å². The van der Waals surface area contributed by atoms with Crippen LogP contribution in [0.25, 0.3) is 10.9 Å². The SMILES string of the molecule is C[C@@H]1CN[C@H](c2c[nH]c3ccccc23)C1. The second kappa shape index (κ2) is 3.38. The molecule has 1 aromatic carbocycles. The van der Waals surface area contributed by atoms with Gasteiger partial charge in [0, 0.05) is 23.1 Å². The Hall–Kier alpha value is -1.28. The largest absolute Gasteiger partial charge is 0.361 e. The molecule has 3 rings (SSSR count).